The Bertz CT molecular complexity index is 429. The van der Waals surface area contributed by atoms with Crippen LogP contribution in [-0.4, -0.2) is 22.1 Å². The highest BCUT2D eigenvalue weighted by Gasteiger charge is 2.21. The molecule has 0 fully saturated rings. The molecule has 16 heavy (non-hydrogen) atoms. The molecule has 0 saturated heterocycles. The number of nitrogens with zero attached hydrogens (tertiary/aromatic N) is 1. The molecular weight excluding hydrogens is 214 g/mol. The second-order valence-electron chi connectivity index (χ2n) is 3.28. The highest BCUT2D eigenvalue weighted by Crippen LogP contribution is 2.30. The van der Waals surface area contributed by atoms with Crippen molar-refractivity contribution in [1.29, 1.82) is 0 Å². The van der Waals surface area contributed by atoms with Crippen LogP contribution in [0, 0.1) is 17.0 Å². The first-order valence-electron chi connectivity index (χ1n) is 4.57. The minimum absolute atomic E-state index is 0.00222. The van der Waals surface area contributed by atoms with Gasteiger partial charge in [-0.05, 0) is 19.4 Å². The molecule has 0 bridgehead atoms. The van der Waals surface area contributed by atoms with Gasteiger partial charge >= 0.3 is 11.7 Å². The zero-order chi connectivity index (χ0) is 12.3. The first-order valence-corrected chi connectivity index (χ1v) is 4.57. The van der Waals surface area contributed by atoms with Crippen LogP contribution in [0.5, 0.6) is 5.75 Å². The average molecular weight is 225 g/mol. The van der Waals surface area contributed by atoms with Gasteiger partial charge in [-0.2, -0.15) is 0 Å². The summed E-state index contributed by atoms with van der Waals surface area (Å²) >= 11 is 0. The first-order chi connectivity index (χ1) is 7.43. The van der Waals surface area contributed by atoms with E-state index in [4.69, 9.17) is 9.84 Å². The van der Waals surface area contributed by atoms with Gasteiger partial charge in [-0.1, -0.05) is 12.1 Å². The highest BCUT2D eigenvalue weighted by atomic mass is 16.6. The SMILES string of the molecule is Cc1cccc([N+](=O)[O-])c1O[C@@H](C)C(=O)O. The van der Waals surface area contributed by atoms with Crippen molar-refractivity contribution >= 4 is 11.7 Å². The number of hydrogen-bond donors (Lipinski definition) is 1. The molecule has 1 rings (SSSR count). The Kier molecular flexibility index (Phi) is 3.44. The minimum atomic E-state index is -1.17. The molecule has 1 atom stereocenters. The third-order valence-electron chi connectivity index (χ3n) is 2.03. The Morgan fingerprint density at radius 3 is 2.69 bits per heavy atom. The Morgan fingerprint density at radius 1 is 1.56 bits per heavy atom. The molecule has 0 heterocycles. The van der Waals surface area contributed by atoms with E-state index in [-0.39, 0.29) is 11.4 Å². The largest absolute Gasteiger partial charge is 0.479 e. The fourth-order valence-electron chi connectivity index (χ4n) is 1.16. The molecular formula is C10H11NO5. The summed E-state index contributed by atoms with van der Waals surface area (Å²) in [6.45, 7) is 2.94. The molecule has 0 aliphatic heterocycles. The van der Waals surface area contributed by atoms with Crippen LogP contribution in [0.1, 0.15) is 12.5 Å². The van der Waals surface area contributed by atoms with E-state index < -0.39 is 17.0 Å². The second-order valence-corrected chi connectivity index (χ2v) is 3.28. The van der Waals surface area contributed by atoms with E-state index in [1.54, 1.807) is 13.0 Å². The number of nitro benzene ring substituents is 1. The van der Waals surface area contributed by atoms with Crippen LogP contribution in [0.2, 0.25) is 0 Å². The van der Waals surface area contributed by atoms with Crippen LogP contribution >= 0.6 is 0 Å². The normalized spacial score (nSPS) is 11.9. The second kappa shape index (κ2) is 4.61. The van der Waals surface area contributed by atoms with E-state index in [9.17, 15) is 14.9 Å². The Hall–Kier alpha value is -2.11. The molecule has 1 N–H and O–H groups in total. The fraction of sp³-hybridized carbons (Fsp3) is 0.300. The van der Waals surface area contributed by atoms with Crippen LogP contribution in [-0.2, 0) is 4.79 Å². The van der Waals surface area contributed by atoms with Crippen molar-refractivity contribution in [1.82, 2.24) is 0 Å². The van der Waals surface area contributed by atoms with Gasteiger partial charge in [0.2, 0.25) is 5.75 Å². The standard InChI is InChI=1S/C10H11NO5/c1-6-4-3-5-8(11(14)15)9(6)16-7(2)10(12)13/h3-5,7H,1-2H3,(H,12,13)/t7-/m0/s1. The Balaban J connectivity index is 3.11. The predicted molar refractivity (Wildman–Crippen MR) is 55.6 cm³/mol. The summed E-state index contributed by atoms with van der Waals surface area (Å²) in [7, 11) is 0. The van der Waals surface area contributed by atoms with Crippen LogP contribution in [0.3, 0.4) is 0 Å². The molecule has 0 unspecified atom stereocenters. The molecule has 0 amide bonds. The molecule has 0 aromatic heterocycles. The van der Waals surface area contributed by atoms with Crippen molar-refractivity contribution in [3.63, 3.8) is 0 Å². The zero-order valence-corrected chi connectivity index (χ0v) is 8.84. The maximum atomic E-state index is 10.7. The molecule has 0 saturated carbocycles. The number of hydrogen-bond acceptors (Lipinski definition) is 4. The molecule has 0 spiro atoms. The van der Waals surface area contributed by atoms with E-state index in [1.807, 2.05) is 0 Å². The minimum Gasteiger partial charge on any atom is -0.479 e. The van der Waals surface area contributed by atoms with E-state index in [0.717, 1.165) is 0 Å². The number of benzene rings is 1. The summed E-state index contributed by atoms with van der Waals surface area (Å²) < 4.78 is 5.06. The summed E-state index contributed by atoms with van der Waals surface area (Å²) in [5.41, 5.74) is 0.301. The number of ether oxygens (including phenoxy) is 1. The van der Waals surface area contributed by atoms with Gasteiger partial charge in [-0.25, -0.2) is 4.79 Å². The Morgan fingerprint density at radius 2 is 2.19 bits per heavy atom. The number of aliphatic carboxylic acids is 1. The van der Waals surface area contributed by atoms with Gasteiger partial charge in [0.15, 0.2) is 6.10 Å². The van der Waals surface area contributed by atoms with Gasteiger partial charge < -0.3 is 9.84 Å². The molecule has 6 nitrogen and oxygen atoms in total. The van der Waals surface area contributed by atoms with Gasteiger partial charge in [0.05, 0.1) is 4.92 Å². The lowest BCUT2D eigenvalue weighted by atomic mass is 10.2. The van der Waals surface area contributed by atoms with Crippen LogP contribution in [0.15, 0.2) is 18.2 Å². The van der Waals surface area contributed by atoms with Crippen molar-refractivity contribution in [3.8, 4) is 5.75 Å². The third kappa shape index (κ3) is 2.47. The van der Waals surface area contributed by atoms with Crippen molar-refractivity contribution in [2.24, 2.45) is 0 Å². The number of para-hydroxylation sites is 1. The number of aryl methyl sites for hydroxylation is 1. The molecule has 0 aliphatic carbocycles. The maximum Gasteiger partial charge on any atom is 0.344 e. The maximum absolute atomic E-state index is 10.7. The third-order valence-corrected chi connectivity index (χ3v) is 2.03. The van der Waals surface area contributed by atoms with Gasteiger partial charge in [-0.15, -0.1) is 0 Å². The number of carboxylic acid groups (broad SMARTS) is 1. The van der Waals surface area contributed by atoms with E-state index in [1.165, 1.54) is 19.1 Å². The lowest BCUT2D eigenvalue weighted by molar-refractivity contribution is -0.386. The summed E-state index contributed by atoms with van der Waals surface area (Å²) in [5, 5.41) is 19.4. The molecule has 0 radical (unpaired) electrons. The van der Waals surface area contributed by atoms with Gasteiger partial charge in [-0.3, -0.25) is 10.1 Å². The van der Waals surface area contributed by atoms with E-state index in [2.05, 4.69) is 0 Å². The zero-order valence-electron chi connectivity index (χ0n) is 8.84. The van der Waals surface area contributed by atoms with Crippen molar-refractivity contribution < 1.29 is 19.6 Å². The molecule has 1 aromatic carbocycles. The summed E-state index contributed by atoms with van der Waals surface area (Å²) in [6.07, 6.45) is -1.13. The van der Waals surface area contributed by atoms with Crippen LogP contribution in [0.4, 0.5) is 5.69 Å². The van der Waals surface area contributed by atoms with Crippen LogP contribution < -0.4 is 4.74 Å². The van der Waals surface area contributed by atoms with Gasteiger partial charge in [0.1, 0.15) is 0 Å². The van der Waals surface area contributed by atoms with Crippen molar-refractivity contribution in [2.75, 3.05) is 0 Å². The number of carbonyl (C=O) groups is 1. The quantitative estimate of drug-likeness (QED) is 0.622. The molecule has 0 aliphatic rings. The van der Waals surface area contributed by atoms with Crippen molar-refractivity contribution in [2.45, 2.75) is 20.0 Å². The lowest BCUT2D eigenvalue weighted by Gasteiger charge is -2.12. The van der Waals surface area contributed by atoms with E-state index >= 15 is 0 Å². The number of nitro groups is 1. The topological polar surface area (TPSA) is 89.7 Å². The monoisotopic (exact) mass is 225 g/mol. The predicted octanol–water partition coefficient (Wildman–Crippen LogP) is 1.76. The fourth-order valence-corrected chi connectivity index (χ4v) is 1.16. The van der Waals surface area contributed by atoms with Gasteiger partial charge in [0, 0.05) is 6.07 Å². The molecule has 1 aromatic rings. The van der Waals surface area contributed by atoms with E-state index in [0.29, 0.717) is 5.56 Å². The first kappa shape index (κ1) is 12.0. The smallest absolute Gasteiger partial charge is 0.344 e. The molecule has 6 heteroatoms. The molecule has 86 valence electrons. The average Bonchev–Trinajstić information content (AvgIpc) is 2.20. The Labute approximate surface area is 91.6 Å². The van der Waals surface area contributed by atoms with Crippen molar-refractivity contribution in [3.05, 3.63) is 33.9 Å². The highest BCUT2D eigenvalue weighted by molar-refractivity contribution is 5.72. The van der Waals surface area contributed by atoms with Gasteiger partial charge in [0.25, 0.3) is 0 Å². The summed E-state index contributed by atoms with van der Waals surface area (Å²) in [5.74, 6) is -1.17. The lowest BCUT2D eigenvalue weighted by Crippen LogP contribution is -2.23. The summed E-state index contributed by atoms with van der Waals surface area (Å²) in [6, 6.07) is 4.42. The van der Waals surface area contributed by atoms with Crippen LogP contribution in [0.25, 0.3) is 0 Å². The summed E-state index contributed by atoms with van der Waals surface area (Å²) in [4.78, 5) is 20.7. The number of carboxylic acids is 1. The number of rotatable bonds is 4.